The topological polar surface area (TPSA) is 17.8 Å². The van der Waals surface area contributed by atoms with Gasteiger partial charge in [-0.3, -0.25) is 4.57 Å². The molecule has 59 valence electrons. The maximum atomic E-state index is 3.87. The van der Waals surface area contributed by atoms with Gasteiger partial charge >= 0.3 is 0 Å². The highest BCUT2D eigenvalue weighted by molar-refractivity contribution is 5.34. The molecule has 2 heteroatoms. The van der Waals surface area contributed by atoms with Crippen LogP contribution in [0, 0.1) is 13.3 Å². The van der Waals surface area contributed by atoms with E-state index < -0.39 is 0 Å². The van der Waals surface area contributed by atoms with E-state index in [-0.39, 0.29) is 0 Å². The van der Waals surface area contributed by atoms with E-state index in [0.29, 0.717) is 0 Å². The van der Waals surface area contributed by atoms with Crippen LogP contribution in [0.1, 0.15) is 5.56 Å². The molecule has 0 saturated carbocycles. The summed E-state index contributed by atoms with van der Waals surface area (Å²) < 4.78 is 1.87. The lowest BCUT2D eigenvalue weighted by Crippen LogP contribution is -1.89. The number of rotatable bonds is 1. The van der Waals surface area contributed by atoms with Crippen LogP contribution >= 0.6 is 0 Å². The molecular weight excluding hydrogens is 148 g/mol. The summed E-state index contributed by atoms with van der Waals surface area (Å²) in [5, 5.41) is 0. The fraction of sp³-hybridized carbons (Fsp3) is 0.100. The monoisotopic (exact) mass is 157 g/mol. The van der Waals surface area contributed by atoms with Crippen LogP contribution in [0.25, 0.3) is 5.69 Å². The molecule has 2 nitrogen and oxygen atoms in total. The molecule has 0 unspecified atom stereocenters. The highest BCUT2D eigenvalue weighted by atomic mass is 15.0. The molecular formula is C10H9N2. The lowest BCUT2D eigenvalue weighted by molar-refractivity contribution is 1.04. The van der Waals surface area contributed by atoms with Gasteiger partial charge < -0.3 is 0 Å². The summed E-state index contributed by atoms with van der Waals surface area (Å²) in [5.74, 6) is 0. The van der Waals surface area contributed by atoms with Gasteiger partial charge in [0, 0.05) is 18.1 Å². The number of aryl methyl sites for hydroxylation is 1. The van der Waals surface area contributed by atoms with Crippen molar-refractivity contribution in [2.45, 2.75) is 6.92 Å². The lowest BCUT2D eigenvalue weighted by Gasteiger charge is -2.00. The van der Waals surface area contributed by atoms with E-state index in [1.54, 1.807) is 6.20 Å². The molecule has 2 rings (SSSR count). The zero-order valence-electron chi connectivity index (χ0n) is 6.86. The van der Waals surface area contributed by atoms with Crippen molar-refractivity contribution in [2.75, 3.05) is 0 Å². The van der Waals surface area contributed by atoms with Gasteiger partial charge in [-0.2, -0.15) is 0 Å². The van der Waals surface area contributed by atoms with E-state index in [1.165, 1.54) is 5.56 Å². The summed E-state index contributed by atoms with van der Waals surface area (Å²) in [6, 6.07) is 8.22. The fourth-order valence-electron chi connectivity index (χ4n) is 1.15. The average Bonchev–Trinajstić information content (AvgIpc) is 2.56. The Morgan fingerprint density at radius 3 is 3.00 bits per heavy atom. The molecule has 0 aliphatic rings. The smallest absolute Gasteiger partial charge is 0.181 e. The minimum atomic E-state index is 1.10. The van der Waals surface area contributed by atoms with Crippen LogP contribution in [0.4, 0.5) is 0 Å². The molecule has 12 heavy (non-hydrogen) atoms. The normalized spacial score (nSPS) is 10.1. The standard InChI is InChI=1S/C10H9N2/c1-9-3-2-4-10(7-9)12-6-5-11-8-12/h2-7H,1H3. The Kier molecular flexibility index (Phi) is 1.67. The maximum Gasteiger partial charge on any atom is 0.181 e. The van der Waals surface area contributed by atoms with Crippen LogP contribution in [-0.2, 0) is 0 Å². The van der Waals surface area contributed by atoms with Crippen molar-refractivity contribution in [2.24, 2.45) is 0 Å². The van der Waals surface area contributed by atoms with Gasteiger partial charge in [0.15, 0.2) is 6.33 Å². The summed E-state index contributed by atoms with van der Waals surface area (Å²) in [4.78, 5) is 3.87. The van der Waals surface area contributed by atoms with Gasteiger partial charge in [-0.05, 0) is 24.6 Å². The molecule has 0 fully saturated rings. The zero-order valence-corrected chi connectivity index (χ0v) is 6.86. The molecule has 1 aromatic heterocycles. The Balaban J connectivity index is 2.48. The second-order valence-electron chi connectivity index (χ2n) is 2.74. The Morgan fingerprint density at radius 2 is 2.33 bits per heavy atom. The molecule has 0 aliphatic carbocycles. The molecule has 0 spiro atoms. The molecule has 0 N–H and O–H groups in total. The second-order valence-corrected chi connectivity index (χ2v) is 2.74. The van der Waals surface area contributed by atoms with Crippen LogP contribution in [0.3, 0.4) is 0 Å². The van der Waals surface area contributed by atoms with E-state index in [9.17, 15) is 0 Å². The molecule has 0 atom stereocenters. The summed E-state index contributed by atoms with van der Waals surface area (Å²) >= 11 is 0. The third-order valence-electron chi connectivity index (χ3n) is 1.74. The predicted molar refractivity (Wildman–Crippen MR) is 47.1 cm³/mol. The first-order valence-corrected chi connectivity index (χ1v) is 3.84. The van der Waals surface area contributed by atoms with Gasteiger partial charge in [-0.25, -0.2) is 4.98 Å². The van der Waals surface area contributed by atoms with Crippen LogP contribution in [-0.4, -0.2) is 9.55 Å². The Labute approximate surface area is 71.5 Å². The van der Waals surface area contributed by atoms with Gasteiger partial charge in [0.1, 0.15) is 0 Å². The number of nitrogens with zero attached hydrogens (tertiary/aromatic N) is 2. The van der Waals surface area contributed by atoms with Gasteiger partial charge in [0.25, 0.3) is 0 Å². The average molecular weight is 157 g/mol. The largest absolute Gasteiger partial charge is 0.297 e. The molecule has 1 aromatic carbocycles. The van der Waals surface area contributed by atoms with E-state index in [4.69, 9.17) is 0 Å². The molecule has 0 amide bonds. The second kappa shape index (κ2) is 2.81. The van der Waals surface area contributed by atoms with E-state index in [0.717, 1.165) is 5.69 Å². The quantitative estimate of drug-likeness (QED) is 0.619. The molecule has 1 radical (unpaired) electrons. The van der Waals surface area contributed by atoms with Crippen LogP contribution in [0.2, 0.25) is 0 Å². The number of aromatic nitrogens is 2. The fourth-order valence-corrected chi connectivity index (χ4v) is 1.15. The van der Waals surface area contributed by atoms with Gasteiger partial charge in [0.2, 0.25) is 0 Å². The minimum Gasteiger partial charge on any atom is -0.297 e. The van der Waals surface area contributed by atoms with Crippen LogP contribution < -0.4 is 0 Å². The number of benzene rings is 1. The Bertz CT molecular complexity index is 363. The van der Waals surface area contributed by atoms with Crippen molar-refractivity contribution in [3.8, 4) is 5.69 Å². The van der Waals surface area contributed by atoms with Gasteiger partial charge in [-0.15, -0.1) is 0 Å². The van der Waals surface area contributed by atoms with Crippen molar-refractivity contribution < 1.29 is 0 Å². The Morgan fingerprint density at radius 1 is 1.42 bits per heavy atom. The van der Waals surface area contributed by atoms with Crippen LogP contribution in [0.5, 0.6) is 0 Å². The van der Waals surface area contributed by atoms with Gasteiger partial charge in [0.05, 0.1) is 0 Å². The van der Waals surface area contributed by atoms with Crippen molar-refractivity contribution in [1.82, 2.24) is 9.55 Å². The highest BCUT2D eigenvalue weighted by Crippen LogP contribution is 2.08. The Hall–Kier alpha value is -1.57. The van der Waals surface area contributed by atoms with Crippen molar-refractivity contribution in [3.05, 3.63) is 48.5 Å². The van der Waals surface area contributed by atoms with Gasteiger partial charge in [-0.1, -0.05) is 12.1 Å². The molecule has 2 aromatic rings. The number of hydrogen-bond donors (Lipinski definition) is 0. The van der Waals surface area contributed by atoms with Crippen LogP contribution in [0.15, 0.2) is 36.7 Å². The minimum absolute atomic E-state index is 1.10. The number of hydrogen-bond acceptors (Lipinski definition) is 1. The first kappa shape index (κ1) is 7.10. The molecule has 0 aliphatic heterocycles. The molecule has 1 heterocycles. The first-order chi connectivity index (χ1) is 5.86. The van der Waals surface area contributed by atoms with Crippen molar-refractivity contribution in [3.63, 3.8) is 0 Å². The highest BCUT2D eigenvalue weighted by Gasteiger charge is 1.93. The number of imidazole rings is 1. The molecule has 0 bridgehead atoms. The third kappa shape index (κ3) is 1.23. The third-order valence-corrected chi connectivity index (χ3v) is 1.74. The molecule has 0 saturated heterocycles. The zero-order chi connectivity index (χ0) is 8.39. The summed E-state index contributed by atoms with van der Waals surface area (Å²) in [6.07, 6.45) is 6.46. The van der Waals surface area contributed by atoms with E-state index in [1.807, 2.05) is 22.9 Å². The summed E-state index contributed by atoms with van der Waals surface area (Å²) in [6.45, 7) is 2.07. The summed E-state index contributed by atoms with van der Waals surface area (Å²) in [5.41, 5.74) is 2.35. The maximum absolute atomic E-state index is 3.87. The predicted octanol–water partition coefficient (Wildman–Crippen LogP) is 1.98. The lowest BCUT2D eigenvalue weighted by atomic mass is 10.2. The SMILES string of the molecule is Cc1cccc(-n2[c]ncc2)c1. The van der Waals surface area contributed by atoms with E-state index in [2.05, 4.69) is 30.4 Å². The van der Waals surface area contributed by atoms with Crippen molar-refractivity contribution >= 4 is 0 Å². The van der Waals surface area contributed by atoms with Crippen molar-refractivity contribution in [1.29, 1.82) is 0 Å². The summed E-state index contributed by atoms with van der Waals surface area (Å²) in [7, 11) is 0. The van der Waals surface area contributed by atoms with E-state index >= 15 is 0 Å². The first-order valence-electron chi connectivity index (χ1n) is 3.84.